The van der Waals surface area contributed by atoms with Crippen LogP contribution in [0.15, 0.2) is 22.8 Å². The molecular weight excluding hydrogens is 251 g/mol. The molecule has 0 spiro atoms. The van der Waals surface area contributed by atoms with Crippen molar-refractivity contribution in [3.8, 4) is 0 Å². The number of nitrogens with zero attached hydrogens (tertiary/aromatic N) is 2. The highest BCUT2D eigenvalue weighted by atomic mass is 79.9. The molecule has 0 amide bonds. The molecule has 0 bridgehead atoms. The number of hydrogen-bond acceptors (Lipinski definition) is 2. The van der Waals surface area contributed by atoms with Gasteiger partial charge in [-0.1, -0.05) is 11.6 Å². The Morgan fingerprint density at radius 3 is 2.92 bits per heavy atom. The van der Waals surface area contributed by atoms with Crippen LogP contribution in [0.2, 0.25) is 5.02 Å². The molecule has 2 rings (SSSR count). The van der Waals surface area contributed by atoms with E-state index in [0.717, 1.165) is 21.2 Å². The molecule has 0 aliphatic carbocycles. The van der Waals surface area contributed by atoms with Gasteiger partial charge >= 0.3 is 0 Å². The molecule has 0 atom stereocenters. The number of benzene rings is 1. The van der Waals surface area contributed by atoms with Crippen molar-refractivity contribution in [1.29, 1.82) is 0 Å². The van der Waals surface area contributed by atoms with Crippen LogP contribution in [0.3, 0.4) is 0 Å². The smallest absolute Gasteiger partial charge is 0.103 e. The van der Waals surface area contributed by atoms with Crippen LogP contribution >= 0.6 is 27.5 Å². The molecule has 2 nitrogen and oxygen atoms in total. The minimum atomic E-state index is 0.664. The van der Waals surface area contributed by atoms with E-state index in [0.29, 0.717) is 5.02 Å². The van der Waals surface area contributed by atoms with Gasteiger partial charge in [-0.15, -0.1) is 0 Å². The minimum Gasteiger partial charge on any atom is -0.253 e. The summed E-state index contributed by atoms with van der Waals surface area (Å²) >= 11 is 9.26. The Morgan fingerprint density at radius 1 is 1.38 bits per heavy atom. The fraction of sp³-hybridized carbons (Fsp3) is 0.111. The lowest BCUT2D eigenvalue weighted by Gasteiger charge is -2.00. The van der Waals surface area contributed by atoms with Gasteiger partial charge in [-0.25, -0.2) is 4.98 Å². The highest BCUT2D eigenvalue weighted by molar-refractivity contribution is 9.10. The number of hydrogen-bond donors (Lipinski definition) is 0. The fourth-order valence-corrected chi connectivity index (χ4v) is 2.01. The number of fused-ring (bicyclic) bond motifs is 1. The van der Waals surface area contributed by atoms with Crippen molar-refractivity contribution in [1.82, 2.24) is 9.97 Å². The third kappa shape index (κ3) is 1.67. The maximum absolute atomic E-state index is 5.87. The normalized spacial score (nSPS) is 10.7. The maximum Gasteiger partial charge on any atom is 0.103 e. The van der Waals surface area contributed by atoms with Crippen LogP contribution < -0.4 is 0 Å². The standard InChI is InChI=1S/C9H6BrClN2/c1-5-4-12-8-3-6(11)2-7(10)9(8)13-5/h2-4H,1H3. The molecular formula is C9H6BrClN2. The van der Waals surface area contributed by atoms with Gasteiger partial charge in [-0.05, 0) is 35.0 Å². The molecule has 0 aliphatic heterocycles. The van der Waals surface area contributed by atoms with E-state index in [1.165, 1.54) is 0 Å². The fourth-order valence-electron chi connectivity index (χ4n) is 1.13. The molecule has 0 fully saturated rings. The Morgan fingerprint density at radius 2 is 2.15 bits per heavy atom. The number of aryl methyl sites for hydroxylation is 1. The molecule has 0 radical (unpaired) electrons. The lowest BCUT2D eigenvalue weighted by molar-refractivity contribution is 1.18. The van der Waals surface area contributed by atoms with E-state index in [1.54, 1.807) is 12.3 Å². The molecule has 0 aliphatic rings. The van der Waals surface area contributed by atoms with Crippen LogP contribution in [0, 0.1) is 6.92 Å². The number of rotatable bonds is 0. The molecule has 1 aromatic carbocycles. The van der Waals surface area contributed by atoms with Crippen molar-refractivity contribution in [3.05, 3.63) is 33.5 Å². The Bertz CT molecular complexity index is 470. The van der Waals surface area contributed by atoms with Crippen molar-refractivity contribution in [2.45, 2.75) is 6.92 Å². The first kappa shape index (κ1) is 8.91. The first-order valence-electron chi connectivity index (χ1n) is 3.75. The van der Waals surface area contributed by atoms with E-state index < -0.39 is 0 Å². The van der Waals surface area contributed by atoms with E-state index in [9.17, 15) is 0 Å². The second kappa shape index (κ2) is 3.24. The van der Waals surface area contributed by atoms with Crippen LogP contribution in [0.5, 0.6) is 0 Å². The summed E-state index contributed by atoms with van der Waals surface area (Å²) in [5.74, 6) is 0. The molecule has 4 heteroatoms. The molecule has 1 aromatic heterocycles. The van der Waals surface area contributed by atoms with Gasteiger partial charge in [-0.3, -0.25) is 4.98 Å². The first-order chi connectivity index (χ1) is 6.16. The zero-order chi connectivity index (χ0) is 9.42. The molecule has 2 aromatic rings. The number of halogens is 2. The Balaban J connectivity index is 2.87. The van der Waals surface area contributed by atoms with Crippen LogP contribution in [0.25, 0.3) is 11.0 Å². The van der Waals surface area contributed by atoms with E-state index in [4.69, 9.17) is 11.6 Å². The first-order valence-corrected chi connectivity index (χ1v) is 4.92. The van der Waals surface area contributed by atoms with E-state index in [2.05, 4.69) is 25.9 Å². The SMILES string of the molecule is Cc1cnc2cc(Cl)cc(Br)c2n1. The predicted molar refractivity (Wildman–Crippen MR) is 57.0 cm³/mol. The summed E-state index contributed by atoms with van der Waals surface area (Å²) in [7, 11) is 0. The molecule has 0 unspecified atom stereocenters. The summed E-state index contributed by atoms with van der Waals surface area (Å²) in [6.07, 6.45) is 1.73. The maximum atomic E-state index is 5.87. The van der Waals surface area contributed by atoms with E-state index >= 15 is 0 Å². The average molecular weight is 258 g/mol. The zero-order valence-electron chi connectivity index (χ0n) is 6.88. The summed E-state index contributed by atoms with van der Waals surface area (Å²) in [4.78, 5) is 8.57. The highest BCUT2D eigenvalue weighted by Gasteiger charge is 2.03. The second-order valence-electron chi connectivity index (χ2n) is 2.77. The molecule has 66 valence electrons. The molecule has 0 saturated carbocycles. The summed E-state index contributed by atoms with van der Waals surface area (Å²) < 4.78 is 0.881. The quantitative estimate of drug-likeness (QED) is 0.723. The largest absolute Gasteiger partial charge is 0.253 e. The van der Waals surface area contributed by atoms with Crippen molar-refractivity contribution in [2.24, 2.45) is 0 Å². The van der Waals surface area contributed by atoms with Gasteiger partial charge in [0, 0.05) is 15.7 Å². The van der Waals surface area contributed by atoms with E-state index in [-0.39, 0.29) is 0 Å². The van der Waals surface area contributed by atoms with E-state index in [1.807, 2.05) is 13.0 Å². The predicted octanol–water partition coefficient (Wildman–Crippen LogP) is 3.35. The van der Waals surface area contributed by atoms with Gasteiger partial charge in [0.05, 0.1) is 11.2 Å². The van der Waals surface area contributed by atoms with Gasteiger partial charge in [0.25, 0.3) is 0 Å². The Labute approximate surface area is 89.1 Å². The summed E-state index contributed by atoms with van der Waals surface area (Å²) in [5, 5.41) is 0.664. The van der Waals surface area contributed by atoms with Crippen molar-refractivity contribution < 1.29 is 0 Å². The van der Waals surface area contributed by atoms with Gasteiger partial charge in [0.15, 0.2) is 0 Å². The van der Waals surface area contributed by atoms with Gasteiger partial charge in [0.2, 0.25) is 0 Å². The summed E-state index contributed by atoms with van der Waals surface area (Å²) in [6.45, 7) is 1.91. The van der Waals surface area contributed by atoms with Crippen LogP contribution in [0.4, 0.5) is 0 Å². The van der Waals surface area contributed by atoms with Gasteiger partial charge in [0.1, 0.15) is 5.52 Å². The molecule has 0 saturated heterocycles. The summed E-state index contributed by atoms with van der Waals surface area (Å²) in [6, 6.07) is 3.62. The van der Waals surface area contributed by atoms with Gasteiger partial charge < -0.3 is 0 Å². The van der Waals surface area contributed by atoms with Crippen LogP contribution in [-0.2, 0) is 0 Å². The minimum absolute atomic E-state index is 0.664. The third-order valence-corrected chi connectivity index (χ3v) is 2.51. The third-order valence-electron chi connectivity index (χ3n) is 1.69. The lowest BCUT2D eigenvalue weighted by atomic mass is 10.3. The van der Waals surface area contributed by atoms with Crippen molar-refractivity contribution in [3.63, 3.8) is 0 Å². The Hall–Kier alpha value is -0.670. The second-order valence-corrected chi connectivity index (χ2v) is 4.06. The van der Waals surface area contributed by atoms with Crippen molar-refractivity contribution >= 4 is 38.6 Å². The zero-order valence-corrected chi connectivity index (χ0v) is 9.22. The molecule has 0 N–H and O–H groups in total. The lowest BCUT2D eigenvalue weighted by Crippen LogP contribution is -1.87. The van der Waals surface area contributed by atoms with Gasteiger partial charge in [-0.2, -0.15) is 0 Å². The van der Waals surface area contributed by atoms with Crippen molar-refractivity contribution in [2.75, 3.05) is 0 Å². The monoisotopic (exact) mass is 256 g/mol. The Kier molecular flexibility index (Phi) is 2.22. The molecule has 13 heavy (non-hydrogen) atoms. The average Bonchev–Trinajstić information content (AvgIpc) is 2.06. The topological polar surface area (TPSA) is 25.8 Å². The highest BCUT2D eigenvalue weighted by Crippen LogP contribution is 2.25. The number of aromatic nitrogens is 2. The van der Waals surface area contributed by atoms with Crippen LogP contribution in [-0.4, -0.2) is 9.97 Å². The van der Waals surface area contributed by atoms with Crippen LogP contribution in [0.1, 0.15) is 5.69 Å². The molecule has 1 heterocycles. The summed E-state index contributed by atoms with van der Waals surface area (Å²) in [5.41, 5.74) is 2.56.